The van der Waals surface area contributed by atoms with Gasteiger partial charge in [0.25, 0.3) is 17.7 Å². The first-order valence-corrected chi connectivity index (χ1v) is 30.5. The molecule has 10 rings (SSSR count). The number of nitrogens with two attached hydrogens (primary N) is 1. The highest BCUT2D eigenvalue weighted by molar-refractivity contribution is 7.15. The van der Waals surface area contributed by atoms with Crippen LogP contribution in [0.15, 0.2) is 63.3 Å². The van der Waals surface area contributed by atoms with Crippen LogP contribution in [0, 0.1) is 19.8 Å². The lowest BCUT2D eigenvalue weighted by molar-refractivity contribution is -0.140. The third kappa shape index (κ3) is 12.6. The molecule has 0 unspecified atom stereocenters. The summed E-state index contributed by atoms with van der Waals surface area (Å²) in [4.78, 5) is 141. The number of pyridine rings is 1. The number of hydrogen-bond donors (Lipinski definition) is 7. The number of rotatable bonds is 11. The van der Waals surface area contributed by atoms with E-state index in [0.29, 0.717) is 41.9 Å². The van der Waals surface area contributed by atoms with Crippen molar-refractivity contribution in [3.8, 4) is 43.4 Å². The van der Waals surface area contributed by atoms with Crippen LogP contribution in [0.4, 0.5) is 0 Å². The lowest BCUT2D eigenvalue weighted by Gasteiger charge is -2.29. The van der Waals surface area contributed by atoms with E-state index in [1.165, 1.54) is 44.8 Å². The van der Waals surface area contributed by atoms with Crippen molar-refractivity contribution >= 4 is 115 Å². The van der Waals surface area contributed by atoms with Crippen molar-refractivity contribution in [2.75, 3.05) is 6.54 Å². The van der Waals surface area contributed by atoms with Crippen molar-refractivity contribution in [1.29, 1.82) is 0 Å². The van der Waals surface area contributed by atoms with Crippen molar-refractivity contribution in [2.24, 2.45) is 11.7 Å². The molecule has 0 spiro atoms. The number of nitrogens with one attached hydrogen (secondary N) is 3. The second kappa shape index (κ2) is 24.3. The van der Waals surface area contributed by atoms with Gasteiger partial charge in [0.1, 0.15) is 77.0 Å². The largest absolute Gasteiger partial charge is 0.481 e. The number of aliphatic hydroxyl groups is 1. The maximum absolute atomic E-state index is 15.0. The van der Waals surface area contributed by atoms with E-state index in [0.717, 1.165) is 45.1 Å². The number of aliphatic hydroxyl groups excluding tert-OH is 1. The van der Waals surface area contributed by atoms with Crippen molar-refractivity contribution in [3.63, 3.8) is 0 Å². The van der Waals surface area contributed by atoms with E-state index in [9.17, 15) is 48.6 Å². The van der Waals surface area contributed by atoms with Gasteiger partial charge in [0.15, 0.2) is 5.78 Å². The number of ketones is 1. The zero-order valence-corrected chi connectivity index (χ0v) is 48.4. The van der Waals surface area contributed by atoms with Gasteiger partial charge in [-0.3, -0.25) is 33.6 Å². The fourth-order valence-electron chi connectivity index (χ4n) is 9.20. The molecule has 0 aliphatic carbocycles. The number of primary amides is 1. The molecule has 1 fully saturated rings. The highest BCUT2D eigenvalue weighted by Gasteiger charge is 2.45. The van der Waals surface area contributed by atoms with Crippen LogP contribution >= 0.6 is 68.0 Å². The third-order valence-corrected chi connectivity index (χ3v) is 19.0. The Morgan fingerprint density at radius 3 is 2.13 bits per heavy atom. The highest BCUT2D eigenvalue weighted by atomic mass is 32.1. The topological polar surface area (TPSA) is 353 Å². The van der Waals surface area contributed by atoms with E-state index in [1.807, 2.05) is 38.1 Å². The van der Waals surface area contributed by atoms with E-state index in [2.05, 4.69) is 30.9 Å². The molecule has 2 aliphatic rings. The second-order valence-electron chi connectivity index (χ2n) is 19.4. The summed E-state index contributed by atoms with van der Waals surface area (Å²) in [6, 6.07) is 6.60. The number of benzene rings is 1. The van der Waals surface area contributed by atoms with Crippen LogP contribution in [0.2, 0.25) is 0 Å². The standard InChI is InChI=1S/C53H48N12O11S6/c1-22-4-6-25(7-5-22)14-30-52(74)65-16-37(67)23(2)43(65)51-63-35(21-81-51)49-60-31(17-79-49)42-26(8-9-27(56-42)48-62-34(20-80-48)45(72)57-28(53(75)76)10-13-40(69)70)47-61-33(19-78-47)46(73)58-29(15-38(54)68)50-64-41(24(3)82-50)36(66)11-12-39-55-32(18-77-39)44(71)59-30/h4-9,17-21,23,28-30,37,43,67H,10-16H2,1-3H3,(H2,54,68)(H,57,72)(H,58,73)(H,59,71)(H,69,70)(H,75,76)/t23-,28-,29-,30-,37-,43-/m0/s1. The number of Topliss-reactive ketones (excluding diaryl/α,β-unsaturated/α-hetero) is 1. The minimum atomic E-state index is -1.49. The van der Waals surface area contributed by atoms with Gasteiger partial charge in [-0.25, -0.2) is 39.7 Å². The molecule has 0 radical (unpaired) electrons. The zero-order valence-electron chi connectivity index (χ0n) is 43.5. The number of aromatic nitrogens is 7. The number of thiazole rings is 6. The number of aryl methyl sites for hydroxylation is 3. The predicted octanol–water partition coefficient (Wildman–Crippen LogP) is 6.55. The Balaban J connectivity index is 1.04. The molecule has 1 aromatic carbocycles. The molecule has 6 atom stereocenters. The molecular formula is C53H48N12O11S6. The molecule has 82 heavy (non-hydrogen) atoms. The normalized spacial score (nSPS) is 19.0. The summed E-state index contributed by atoms with van der Waals surface area (Å²) in [6.45, 7) is 5.44. The number of aliphatic carboxylic acids is 2. The molecule has 7 aromatic heterocycles. The summed E-state index contributed by atoms with van der Waals surface area (Å²) < 4.78 is 0. The smallest absolute Gasteiger partial charge is 0.326 e. The van der Waals surface area contributed by atoms with Gasteiger partial charge in [-0.1, -0.05) is 36.8 Å². The fourth-order valence-corrected chi connectivity index (χ4v) is 14.4. The molecular weight excluding hydrogens is 1170 g/mol. The number of carbonyl (C=O) groups is 8. The van der Waals surface area contributed by atoms with E-state index in [1.54, 1.807) is 40.1 Å². The fraction of sp³-hybridized carbons (Fsp3) is 0.302. The van der Waals surface area contributed by atoms with E-state index < -0.39 is 84.1 Å². The number of carboxylic acids is 2. The van der Waals surface area contributed by atoms with Crippen LogP contribution in [-0.4, -0.2) is 127 Å². The summed E-state index contributed by atoms with van der Waals surface area (Å²) in [5.74, 6) is -6.75. The lowest BCUT2D eigenvalue weighted by Crippen LogP contribution is -2.50. The van der Waals surface area contributed by atoms with E-state index in [-0.39, 0.29) is 88.6 Å². The highest BCUT2D eigenvalue weighted by Crippen LogP contribution is 2.42. The van der Waals surface area contributed by atoms with Crippen LogP contribution in [-0.2, 0) is 32.0 Å². The van der Waals surface area contributed by atoms with Crippen LogP contribution in [0.3, 0.4) is 0 Å². The SMILES string of the molecule is Cc1ccc(C[C@@H]2NC(=O)c3csc(n3)CCC(=O)c3nc(sc3C)[C@H](CC(N)=O)NC(=O)c3csc(n3)-c3ccc(-c4nc(C(=O)N[C@@H](CCC(=O)O)C(=O)O)cs4)nc3-c3csc(n3)-c3csc(n3)[C@@H]3[C@@H](C)[C@@H](O)CN3C2=O)cc1. The zero-order chi connectivity index (χ0) is 58.1. The quantitative estimate of drug-likeness (QED) is 0.0721. The number of nitrogens with zero attached hydrogens (tertiary/aromatic N) is 8. The molecule has 422 valence electrons. The summed E-state index contributed by atoms with van der Waals surface area (Å²) in [7, 11) is 0. The minimum absolute atomic E-state index is 0.0256. The van der Waals surface area contributed by atoms with Gasteiger partial charge in [0, 0.05) is 75.5 Å². The first-order chi connectivity index (χ1) is 39.3. The van der Waals surface area contributed by atoms with E-state index in [4.69, 9.17) is 30.8 Å². The van der Waals surface area contributed by atoms with Crippen LogP contribution in [0.25, 0.3) is 43.4 Å². The van der Waals surface area contributed by atoms with Crippen LogP contribution < -0.4 is 21.7 Å². The maximum Gasteiger partial charge on any atom is 0.326 e. The molecule has 5 amide bonds. The second-order valence-corrected chi connectivity index (χ2v) is 25.0. The molecule has 8 aromatic rings. The molecule has 9 heterocycles. The Morgan fingerprint density at radius 1 is 0.720 bits per heavy atom. The van der Waals surface area contributed by atoms with Crippen molar-refractivity contribution in [3.05, 3.63) is 117 Å². The molecule has 2 aliphatic heterocycles. The number of hydrogen-bond acceptors (Lipinski definition) is 22. The Hall–Kier alpha value is -7.93. The van der Waals surface area contributed by atoms with Gasteiger partial charge in [-0.15, -0.1) is 68.0 Å². The molecule has 1 saturated heterocycles. The van der Waals surface area contributed by atoms with Gasteiger partial charge in [0.05, 0.1) is 35.3 Å². The lowest BCUT2D eigenvalue weighted by atomic mass is 10.00. The summed E-state index contributed by atoms with van der Waals surface area (Å²) in [5, 5.41) is 48.6. The van der Waals surface area contributed by atoms with Gasteiger partial charge in [-0.2, -0.15) is 0 Å². The molecule has 0 saturated carbocycles. The minimum Gasteiger partial charge on any atom is -0.481 e. The van der Waals surface area contributed by atoms with Crippen LogP contribution in [0.5, 0.6) is 0 Å². The van der Waals surface area contributed by atoms with Crippen molar-refractivity contribution < 1.29 is 53.7 Å². The molecule has 10 bridgehead atoms. The van der Waals surface area contributed by atoms with Gasteiger partial charge in [0.2, 0.25) is 11.8 Å². The predicted molar refractivity (Wildman–Crippen MR) is 306 cm³/mol. The Bertz CT molecular complexity index is 3810. The summed E-state index contributed by atoms with van der Waals surface area (Å²) >= 11 is 7.00. The Morgan fingerprint density at radius 2 is 1.39 bits per heavy atom. The average molecular weight is 1220 g/mol. The Kier molecular flexibility index (Phi) is 17.0. The van der Waals surface area contributed by atoms with E-state index >= 15 is 0 Å². The van der Waals surface area contributed by atoms with Crippen LogP contribution in [0.1, 0.15) is 118 Å². The average Bonchev–Trinajstić information content (AvgIpc) is 4.38. The third-order valence-electron chi connectivity index (χ3n) is 13.5. The first-order valence-electron chi connectivity index (χ1n) is 25.3. The number of carboxylic acid groups (broad SMARTS) is 2. The van der Waals surface area contributed by atoms with Gasteiger partial charge in [-0.05, 0) is 38.0 Å². The number of amides is 5. The number of fused-ring (bicyclic) bond motifs is 16. The van der Waals surface area contributed by atoms with Crippen molar-refractivity contribution in [1.82, 2.24) is 55.7 Å². The summed E-state index contributed by atoms with van der Waals surface area (Å²) in [6.07, 6.45) is -1.88. The summed E-state index contributed by atoms with van der Waals surface area (Å²) in [5.41, 5.74) is 9.30. The van der Waals surface area contributed by atoms with Crippen molar-refractivity contribution in [2.45, 2.75) is 89.6 Å². The maximum atomic E-state index is 15.0. The molecule has 8 N–H and O–H groups in total. The monoisotopic (exact) mass is 1220 g/mol. The molecule has 29 heteroatoms. The Labute approximate surface area is 489 Å². The molecule has 23 nitrogen and oxygen atoms in total. The van der Waals surface area contributed by atoms with Gasteiger partial charge >= 0.3 is 11.9 Å². The number of carbonyl (C=O) groups excluding carboxylic acids is 6. The van der Waals surface area contributed by atoms with Gasteiger partial charge < -0.3 is 41.9 Å². The first kappa shape index (κ1) is 57.3.